The molecule has 0 aliphatic carbocycles. The van der Waals surface area contributed by atoms with E-state index in [1.165, 1.54) is 0 Å². The third-order valence-corrected chi connectivity index (χ3v) is 6.97. The van der Waals surface area contributed by atoms with Crippen LogP contribution < -0.4 is 14.4 Å². The quantitative estimate of drug-likeness (QED) is 0.786. The summed E-state index contributed by atoms with van der Waals surface area (Å²) in [5.74, 6) is 1.35. The predicted octanol–water partition coefficient (Wildman–Crippen LogP) is 2.83. The number of ether oxygens (including phenoxy) is 2. The van der Waals surface area contributed by atoms with Gasteiger partial charge in [-0.05, 0) is 43.2 Å². The highest BCUT2D eigenvalue weighted by Crippen LogP contribution is 2.32. The van der Waals surface area contributed by atoms with Gasteiger partial charge in [0.25, 0.3) is 0 Å². The minimum absolute atomic E-state index is 0.405. The number of piperazine rings is 1. The number of sulfonamides is 1. The lowest BCUT2D eigenvalue weighted by Crippen LogP contribution is -2.48. The molecule has 2 aromatic rings. The summed E-state index contributed by atoms with van der Waals surface area (Å²) in [5.41, 5.74) is 2.72. The van der Waals surface area contributed by atoms with E-state index in [4.69, 9.17) is 9.47 Å². The summed E-state index contributed by atoms with van der Waals surface area (Å²) in [6.45, 7) is 5.90. The van der Waals surface area contributed by atoms with E-state index in [2.05, 4.69) is 4.90 Å². The maximum Gasteiger partial charge on any atom is 0.243 e. The Morgan fingerprint density at radius 2 is 1.52 bits per heavy atom. The average molecular weight is 391 g/mol. The first-order valence-electron chi connectivity index (χ1n) is 8.91. The number of hydrogen-bond donors (Lipinski definition) is 0. The SMILES string of the molecule is COc1ccc(N2CCN(S(=O)(=O)c3cc(C)ccc3C)CC2)cc1OC. The van der Waals surface area contributed by atoms with E-state index in [1.54, 1.807) is 24.6 Å². The number of aryl methyl sites for hydroxylation is 2. The third kappa shape index (κ3) is 3.89. The Hall–Kier alpha value is -2.25. The topological polar surface area (TPSA) is 59.1 Å². The van der Waals surface area contributed by atoms with Crippen molar-refractivity contribution < 1.29 is 17.9 Å². The van der Waals surface area contributed by atoms with Gasteiger partial charge in [-0.1, -0.05) is 12.1 Å². The van der Waals surface area contributed by atoms with Crippen LogP contribution >= 0.6 is 0 Å². The molecular weight excluding hydrogens is 364 g/mol. The van der Waals surface area contributed by atoms with Crippen molar-refractivity contribution in [1.82, 2.24) is 4.31 Å². The zero-order chi connectivity index (χ0) is 19.6. The van der Waals surface area contributed by atoms with Gasteiger partial charge in [-0.3, -0.25) is 0 Å². The Morgan fingerprint density at radius 1 is 0.852 bits per heavy atom. The second-order valence-electron chi connectivity index (χ2n) is 6.70. The molecule has 146 valence electrons. The van der Waals surface area contributed by atoms with Gasteiger partial charge in [0.1, 0.15) is 0 Å². The zero-order valence-corrected chi connectivity index (χ0v) is 17.0. The maximum atomic E-state index is 13.1. The fraction of sp³-hybridized carbons (Fsp3) is 0.400. The van der Waals surface area contributed by atoms with Crippen molar-refractivity contribution >= 4 is 15.7 Å². The highest BCUT2D eigenvalue weighted by atomic mass is 32.2. The summed E-state index contributed by atoms with van der Waals surface area (Å²) < 4.78 is 38.3. The molecule has 27 heavy (non-hydrogen) atoms. The van der Waals surface area contributed by atoms with Crippen LogP contribution in [0.2, 0.25) is 0 Å². The fourth-order valence-corrected chi connectivity index (χ4v) is 5.06. The number of hydrogen-bond acceptors (Lipinski definition) is 5. The minimum Gasteiger partial charge on any atom is -0.493 e. The summed E-state index contributed by atoms with van der Waals surface area (Å²) in [5, 5.41) is 0. The van der Waals surface area contributed by atoms with Crippen molar-refractivity contribution in [1.29, 1.82) is 0 Å². The van der Waals surface area contributed by atoms with Crippen LogP contribution in [0.3, 0.4) is 0 Å². The summed E-state index contributed by atoms with van der Waals surface area (Å²) in [6.07, 6.45) is 0. The lowest BCUT2D eigenvalue weighted by molar-refractivity contribution is 0.354. The minimum atomic E-state index is -3.48. The molecule has 1 saturated heterocycles. The molecule has 0 bridgehead atoms. The van der Waals surface area contributed by atoms with E-state index in [9.17, 15) is 8.42 Å². The van der Waals surface area contributed by atoms with Crippen molar-refractivity contribution in [2.75, 3.05) is 45.3 Å². The van der Waals surface area contributed by atoms with Crippen LogP contribution in [0.5, 0.6) is 11.5 Å². The number of methoxy groups -OCH3 is 2. The van der Waals surface area contributed by atoms with E-state index >= 15 is 0 Å². The molecule has 1 aliphatic rings. The molecule has 0 N–H and O–H groups in total. The summed E-state index contributed by atoms with van der Waals surface area (Å²) >= 11 is 0. The maximum absolute atomic E-state index is 13.1. The molecule has 0 unspecified atom stereocenters. The van der Waals surface area contributed by atoms with Gasteiger partial charge in [-0.25, -0.2) is 8.42 Å². The van der Waals surface area contributed by atoms with Gasteiger partial charge in [-0.15, -0.1) is 0 Å². The van der Waals surface area contributed by atoms with Gasteiger partial charge in [0.05, 0.1) is 19.1 Å². The lowest BCUT2D eigenvalue weighted by Gasteiger charge is -2.35. The van der Waals surface area contributed by atoms with Crippen LogP contribution in [-0.4, -0.2) is 53.1 Å². The Bertz CT molecular complexity index is 920. The van der Waals surface area contributed by atoms with Crippen LogP contribution in [0.25, 0.3) is 0 Å². The molecule has 0 radical (unpaired) electrons. The fourth-order valence-electron chi connectivity index (χ4n) is 3.33. The van der Waals surface area contributed by atoms with Gasteiger partial charge >= 0.3 is 0 Å². The zero-order valence-electron chi connectivity index (χ0n) is 16.2. The van der Waals surface area contributed by atoms with E-state index in [-0.39, 0.29) is 0 Å². The molecule has 0 atom stereocenters. The number of rotatable bonds is 5. The second kappa shape index (κ2) is 7.78. The molecule has 0 amide bonds. The predicted molar refractivity (Wildman–Crippen MR) is 106 cm³/mol. The van der Waals surface area contributed by atoms with Gasteiger partial charge in [-0.2, -0.15) is 4.31 Å². The number of benzene rings is 2. The lowest BCUT2D eigenvalue weighted by atomic mass is 10.2. The summed E-state index contributed by atoms with van der Waals surface area (Å²) in [7, 11) is -0.269. The van der Waals surface area contributed by atoms with Crippen LogP contribution in [0, 0.1) is 13.8 Å². The molecule has 1 aliphatic heterocycles. The average Bonchev–Trinajstić information content (AvgIpc) is 2.69. The van der Waals surface area contributed by atoms with Crippen molar-refractivity contribution in [2.24, 2.45) is 0 Å². The Morgan fingerprint density at radius 3 is 2.15 bits per heavy atom. The van der Waals surface area contributed by atoms with Crippen LogP contribution in [-0.2, 0) is 10.0 Å². The molecule has 0 aromatic heterocycles. The molecule has 2 aromatic carbocycles. The molecule has 1 heterocycles. The van der Waals surface area contributed by atoms with Gasteiger partial charge in [0, 0.05) is 37.9 Å². The molecule has 6 nitrogen and oxygen atoms in total. The van der Waals surface area contributed by atoms with Crippen molar-refractivity contribution in [2.45, 2.75) is 18.7 Å². The Balaban J connectivity index is 1.76. The molecule has 1 fully saturated rings. The highest BCUT2D eigenvalue weighted by Gasteiger charge is 2.30. The van der Waals surface area contributed by atoms with Gasteiger partial charge in [0.2, 0.25) is 10.0 Å². The normalized spacial score (nSPS) is 15.6. The molecular formula is C20H26N2O4S. The molecule has 0 saturated carbocycles. The first-order chi connectivity index (χ1) is 12.9. The Labute approximate surface area is 161 Å². The number of nitrogens with zero attached hydrogens (tertiary/aromatic N) is 2. The largest absolute Gasteiger partial charge is 0.493 e. The standard InChI is InChI=1S/C20H26N2O4S/c1-15-5-6-16(2)20(13-15)27(23,24)22-11-9-21(10-12-22)17-7-8-18(25-3)19(14-17)26-4/h5-8,13-14H,9-12H2,1-4H3. The monoisotopic (exact) mass is 390 g/mol. The van der Waals surface area contributed by atoms with Gasteiger partial charge < -0.3 is 14.4 Å². The third-order valence-electron chi connectivity index (χ3n) is 4.93. The van der Waals surface area contributed by atoms with E-state index in [0.717, 1.165) is 16.8 Å². The van der Waals surface area contributed by atoms with E-state index < -0.39 is 10.0 Å². The molecule has 0 spiro atoms. The van der Waals surface area contributed by atoms with Crippen molar-refractivity contribution in [3.05, 3.63) is 47.5 Å². The smallest absolute Gasteiger partial charge is 0.243 e. The Kier molecular flexibility index (Phi) is 5.62. The van der Waals surface area contributed by atoms with Crippen LogP contribution in [0.1, 0.15) is 11.1 Å². The van der Waals surface area contributed by atoms with Crippen molar-refractivity contribution in [3.63, 3.8) is 0 Å². The van der Waals surface area contributed by atoms with E-state index in [0.29, 0.717) is 42.6 Å². The number of anilines is 1. The first-order valence-corrected chi connectivity index (χ1v) is 10.3. The van der Waals surface area contributed by atoms with Crippen molar-refractivity contribution in [3.8, 4) is 11.5 Å². The van der Waals surface area contributed by atoms with Gasteiger partial charge in [0.15, 0.2) is 11.5 Å². The molecule has 3 rings (SSSR count). The van der Waals surface area contributed by atoms with E-state index in [1.807, 2.05) is 44.2 Å². The summed E-state index contributed by atoms with van der Waals surface area (Å²) in [4.78, 5) is 2.57. The molecule has 7 heteroatoms. The van der Waals surface area contributed by atoms with Crippen LogP contribution in [0.4, 0.5) is 5.69 Å². The van der Waals surface area contributed by atoms with Crippen LogP contribution in [0.15, 0.2) is 41.3 Å². The first kappa shape index (κ1) is 19.5. The summed E-state index contributed by atoms with van der Waals surface area (Å²) in [6, 6.07) is 11.3. The highest BCUT2D eigenvalue weighted by molar-refractivity contribution is 7.89. The second-order valence-corrected chi connectivity index (χ2v) is 8.61.